The average molecular weight is 729 g/mol. The lowest BCUT2D eigenvalue weighted by atomic mass is 10.0. The van der Waals surface area contributed by atoms with E-state index in [2.05, 4.69) is 26.2 Å². The molecule has 1 N–H and O–H groups in total. The number of quaternary nitrogens is 1. The van der Waals surface area contributed by atoms with Crippen molar-refractivity contribution in [1.82, 2.24) is 5.32 Å². The van der Waals surface area contributed by atoms with E-state index in [4.69, 9.17) is 4.74 Å². The molecule has 1 aromatic carbocycles. The molecular weight excluding hydrogens is 655 g/mol. The van der Waals surface area contributed by atoms with Crippen LogP contribution in [-0.4, -0.2) is 50.7 Å². The predicted molar refractivity (Wildman–Crippen MR) is 188 cm³/mol. The number of halogens is 1. The Balaban J connectivity index is 0.0000185. The minimum absolute atomic E-state index is 0. The quantitative estimate of drug-likeness (QED) is 0.0475. The topological polar surface area (TPSA) is 38.3 Å². The zero-order valence-electron chi connectivity index (χ0n) is 29.8. The van der Waals surface area contributed by atoms with Crippen LogP contribution in [0.2, 0.25) is 0 Å². The zero-order chi connectivity index (χ0) is 31.3. The molecule has 0 aliphatic rings. The summed E-state index contributed by atoms with van der Waals surface area (Å²) in [5, 5.41) is 3.19. The van der Waals surface area contributed by atoms with Crippen LogP contribution < -0.4 is 34.0 Å². The Morgan fingerprint density at radius 3 is 1.25 bits per heavy atom. The summed E-state index contributed by atoms with van der Waals surface area (Å²) in [5.41, 5.74) is 0.705. The lowest BCUT2D eigenvalue weighted by molar-refractivity contribution is -0.908. The number of carbonyl (C=O) groups is 1. The van der Waals surface area contributed by atoms with Gasteiger partial charge in [-0.2, -0.15) is 0 Å². The third-order valence-electron chi connectivity index (χ3n) is 9.39. The maximum atomic E-state index is 12.7. The third-order valence-corrected chi connectivity index (χ3v) is 9.39. The van der Waals surface area contributed by atoms with Gasteiger partial charge >= 0.3 is 0 Å². The maximum Gasteiger partial charge on any atom is 0.251 e. The van der Waals surface area contributed by atoms with Crippen LogP contribution in [0.5, 0.6) is 5.75 Å². The van der Waals surface area contributed by atoms with E-state index in [0.29, 0.717) is 5.56 Å². The second kappa shape index (κ2) is 30.8. The molecule has 4 nitrogen and oxygen atoms in total. The Morgan fingerprint density at radius 2 is 0.909 bits per heavy atom. The van der Waals surface area contributed by atoms with Gasteiger partial charge < -0.3 is 38.5 Å². The van der Waals surface area contributed by atoms with E-state index in [1.807, 2.05) is 24.3 Å². The molecule has 5 heteroatoms. The van der Waals surface area contributed by atoms with Crippen LogP contribution in [0.3, 0.4) is 0 Å². The highest BCUT2D eigenvalue weighted by atomic mass is 127. The Kier molecular flexibility index (Phi) is 30.2. The first-order valence-corrected chi connectivity index (χ1v) is 18.8. The standard InChI is InChI=1S/C39H72N2O2.HI/c1-5-7-9-11-13-15-17-19-21-23-25-27-34-41(3,35-28-26-24-22-20-18-16-14-12-10-8-6-2)36-33-40-39(42)37-29-31-38(43-4)32-30-37;/h29-32H,5-28,33-36H2,1-4H3;1H. The number of carbonyl (C=O) groups excluding carboxylic acids is 1. The molecule has 0 radical (unpaired) electrons. The van der Waals surface area contributed by atoms with E-state index in [1.165, 1.54) is 167 Å². The van der Waals surface area contributed by atoms with Gasteiger partial charge in [-0.25, -0.2) is 0 Å². The predicted octanol–water partition coefficient (Wildman–Crippen LogP) is 8.28. The van der Waals surface area contributed by atoms with Crippen LogP contribution in [0.1, 0.15) is 178 Å². The summed E-state index contributed by atoms with van der Waals surface area (Å²) in [5.74, 6) is 0.801. The van der Waals surface area contributed by atoms with E-state index in [1.54, 1.807) is 7.11 Å². The van der Waals surface area contributed by atoms with Gasteiger partial charge in [0.2, 0.25) is 0 Å². The molecule has 0 spiro atoms. The molecule has 1 amide bonds. The van der Waals surface area contributed by atoms with Gasteiger partial charge in [-0.15, -0.1) is 0 Å². The van der Waals surface area contributed by atoms with Crippen molar-refractivity contribution in [2.45, 2.75) is 168 Å². The fraction of sp³-hybridized carbons (Fsp3) is 0.821. The molecule has 1 aromatic rings. The molecule has 258 valence electrons. The maximum absolute atomic E-state index is 12.7. The monoisotopic (exact) mass is 728 g/mol. The Morgan fingerprint density at radius 1 is 0.568 bits per heavy atom. The molecule has 0 atom stereocenters. The number of likely N-dealkylation sites (N-methyl/N-ethyl adjacent to an activating group) is 1. The summed E-state index contributed by atoms with van der Waals surface area (Å²) in [6, 6.07) is 7.41. The van der Waals surface area contributed by atoms with E-state index >= 15 is 0 Å². The van der Waals surface area contributed by atoms with Crippen LogP contribution in [0, 0.1) is 0 Å². The van der Waals surface area contributed by atoms with Gasteiger partial charge in [-0.05, 0) is 49.9 Å². The summed E-state index contributed by atoms with van der Waals surface area (Å²) < 4.78 is 6.31. The van der Waals surface area contributed by atoms with Crippen LogP contribution in [0.25, 0.3) is 0 Å². The Labute approximate surface area is 291 Å². The minimum Gasteiger partial charge on any atom is -1.00 e. The van der Waals surface area contributed by atoms with Crippen LogP contribution in [-0.2, 0) is 0 Å². The zero-order valence-corrected chi connectivity index (χ0v) is 31.9. The normalized spacial score (nSPS) is 11.4. The number of unbranched alkanes of at least 4 members (excludes halogenated alkanes) is 22. The van der Waals surface area contributed by atoms with Gasteiger partial charge in [0, 0.05) is 5.56 Å². The van der Waals surface area contributed by atoms with E-state index in [-0.39, 0.29) is 29.9 Å². The first-order valence-electron chi connectivity index (χ1n) is 18.8. The number of amides is 1. The molecule has 0 aromatic heterocycles. The van der Waals surface area contributed by atoms with Crippen LogP contribution in [0.15, 0.2) is 24.3 Å². The van der Waals surface area contributed by atoms with Gasteiger partial charge in [0.25, 0.3) is 5.91 Å². The molecule has 0 saturated heterocycles. The smallest absolute Gasteiger partial charge is 0.251 e. The van der Waals surface area contributed by atoms with Crippen LogP contribution in [0.4, 0.5) is 0 Å². The summed E-state index contributed by atoms with van der Waals surface area (Å²) in [7, 11) is 4.08. The molecule has 0 heterocycles. The molecular formula is C39H73IN2O2. The van der Waals surface area contributed by atoms with E-state index in [9.17, 15) is 4.79 Å². The van der Waals surface area contributed by atoms with Gasteiger partial charge in [0.15, 0.2) is 0 Å². The largest absolute Gasteiger partial charge is 1.00 e. The highest BCUT2D eigenvalue weighted by Gasteiger charge is 2.21. The molecule has 1 rings (SSSR count). The first-order chi connectivity index (χ1) is 21.0. The van der Waals surface area contributed by atoms with Crippen molar-refractivity contribution in [3.05, 3.63) is 29.8 Å². The molecule has 0 bridgehead atoms. The van der Waals surface area contributed by atoms with Crippen molar-refractivity contribution >= 4 is 5.91 Å². The molecule has 0 aliphatic carbocycles. The number of methoxy groups -OCH3 is 1. The lowest BCUT2D eigenvalue weighted by Gasteiger charge is -2.35. The second-order valence-electron chi connectivity index (χ2n) is 13.6. The number of nitrogens with one attached hydrogen (secondary N) is 1. The minimum atomic E-state index is 0. The first kappa shape index (κ1) is 43.2. The number of hydrogen-bond acceptors (Lipinski definition) is 2. The summed E-state index contributed by atoms with van der Waals surface area (Å²) in [4.78, 5) is 12.7. The fourth-order valence-corrected chi connectivity index (χ4v) is 6.29. The van der Waals surface area contributed by atoms with Crippen molar-refractivity contribution in [1.29, 1.82) is 0 Å². The van der Waals surface area contributed by atoms with E-state index in [0.717, 1.165) is 23.3 Å². The molecule has 0 aliphatic heterocycles. The van der Waals surface area contributed by atoms with Crippen molar-refractivity contribution in [2.24, 2.45) is 0 Å². The molecule has 0 unspecified atom stereocenters. The summed E-state index contributed by atoms with van der Waals surface area (Å²) >= 11 is 0. The SMILES string of the molecule is CCCCCCCCCCCCCC[N+](C)(CCCCCCCCCCCCCC)CCNC(=O)c1ccc(OC)cc1.[I-]. The molecule has 0 saturated carbocycles. The lowest BCUT2D eigenvalue weighted by Crippen LogP contribution is -3.00. The number of benzene rings is 1. The molecule has 44 heavy (non-hydrogen) atoms. The van der Waals surface area contributed by atoms with Crippen molar-refractivity contribution < 1.29 is 38.0 Å². The average Bonchev–Trinajstić information content (AvgIpc) is 3.02. The van der Waals surface area contributed by atoms with Crippen LogP contribution >= 0.6 is 0 Å². The third kappa shape index (κ3) is 24.4. The van der Waals surface area contributed by atoms with Crippen molar-refractivity contribution in [2.75, 3.05) is 40.3 Å². The summed E-state index contributed by atoms with van der Waals surface area (Å²) in [6.07, 6.45) is 33.5. The fourth-order valence-electron chi connectivity index (χ4n) is 6.29. The second-order valence-corrected chi connectivity index (χ2v) is 13.6. The Bertz CT molecular complexity index is 727. The van der Waals surface area contributed by atoms with Gasteiger partial charge in [-0.1, -0.05) is 142 Å². The number of hydrogen-bond donors (Lipinski definition) is 1. The van der Waals surface area contributed by atoms with Crippen molar-refractivity contribution in [3.63, 3.8) is 0 Å². The number of rotatable bonds is 31. The highest BCUT2D eigenvalue weighted by Crippen LogP contribution is 2.16. The summed E-state index contributed by atoms with van der Waals surface area (Å²) in [6.45, 7) is 8.79. The van der Waals surface area contributed by atoms with Gasteiger partial charge in [0.05, 0.1) is 40.3 Å². The van der Waals surface area contributed by atoms with Gasteiger partial charge in [-0.3, -0.25) is 4.79 Å². The number of ether oxygens (including phenoxy) is 1. The highest BCUT2D eigenvalue weighted by molar-refractivity contribution is 5.94. The Hall–Kier alpha value is -0.820. The molecule has 0 fully saturated rings. The van der Waals surface area contributed by atoms with E-state index < -0.39 is 0 Å². The number of nitrogens with zero attached hydrogens (tertiary/aromatic N) is 1. The van der Waals surface area contributed by atoms with Crippen molar-refractivity contribution in [3.8, 4) is 5.75 Å². The van der Waals surface area contributed by atoms with Gasteiger partial charge in [0.1, 0.15) is 5.75 Å².